The summed E-state index contributed by atoms with van der Waals surface area (Å²) in [6.07, 6.45) is 9.60. The number of unbranched alkanes of at least 4 members (excludes halogenated alkanes) is 1. The van der Waals surface area contributed by atoms with Gasteiger partial charge < -0.3 is 4.90 Å². The van der Waals surface area contributed by atoms with E-state index in [1.165, 1.54) is 25.7 Å². The Morgan fingerprint density at radius 3 is 2.67 bits per heavy atom. The standard InChI is InChI=1S/C17H32N2OS/c1-4-7-10-13-17(20)19(16(18-13)9-5-2)14-11-8-12-15(14)21-6-3/h13-16,18H,4-12H2,1-3H3. The van der Waals surface area contributed by atoms with Crippen LogP contribution >= 0.6 is 11.8 Å². The molecule has 0 radical (unpaired) electrons. The molecule has 4 atom stereocenters. The van der Waals surface area contributed by atoms with E-state index in [0.29, 0.717) is 17.2 Å². The summed E-state index contributed by atoms with van der Waals surface area (Å²) < 4.78 is 0. The van der Waals surface area contributed by atoms with Crippen molar-refractivity contribution in [1.82, 2.24) is 10.2 Å². The molecule has 0 bridgehead atoms. The highest BCUT2D eigenvalue weighted by molar-refractivity contribution is 7.99. The van der Waals surface area contributed by atoms with Crippen LogP contribution in [0.4, 0.5) is 0 Å². The van der Waals surface area contributed by atoms with Gasteiger partial charge >= 0.3 is 0 Å². The van der Waals surface area contributed by atoms with Gasteiger partial charge in [0.25, 0.3) is 0 Å². The van der Waals surface area contributed by atoms with E-state index in [1.807, 2.05) is 0 Å². The Bertz CT molecular complexity index is 337. The van der Waals surface area contributed by atoms with Gasteiger partial charge in [-0.1, -0.05) is 46.5 Å². The molecule has 1 saturated carbocycles. The monoisotopic (exact) mass is 312 g/mol. The molecule has 1 N–H and O–H groups in total. The lowest BCUT2D eigenvalue weighted by Gasteiger charge is -2.33. The van der Waals surface area contributed by atoms with E-state index in [1.54, 1.807) is 0 Å². The van der Waals surface area contributed by atoms with E-state index in [9.17, 15) is 4.79 Å². The highest BCUT2D eigenvalue weighted by Gasteiger charge is 2.45. The number of thioether (sulfide) groups is 1. The van der Waals surface area contributed by atoms with E-state index in [-0.39, 0.29) is 12.2 Å². The van der Waals surface area contributed by atoms with Gasteiger partial charge in [0.05, 0.1) is 12.2 Å². The van der Waals surface area contributed by atoms with Gasteiger partial charge in [0, 0.05) is 11.3 Å². The normalized spacial score (nSPS) is 33.1. The number of hydrogen-bond donors (Lipinski definition) is 1. The summed E-state index contributed by atoms with van der Waals surface area (Å²) in [6, 6.07) is 0.549. The molecule has 2 rings (SSSR count). The molecule has 2 aliphatic rings. The molecule has 1 heterocycles. The summed E-state index contributed by atoms with van der Waals surface area (Å²) in [5.41, 5.74) is 0. The van der Waals surface area contributed by atoms with Crippen molar-refractivity contribution in [1.29, 1.82) is 0 Å². The van der Waals surface area contributed by atoms with Crippen molar-refractivity contribution in [2.75, 3.05) is 5.75 Å². The zero-order chi connectivity index (χ0) is 15.2. The average molecular weight is 313 g/mol. The average Bonchev–Trinajstić information content (AvgIpc) is 3.03. The van der Waals surface area contributed by atoms with Crippen molar-refractivity contribution in [3.63, 3.8) is 0 Å². The number of nitrogens with zero attached hydrogens (tertiary/aromatic N) is 1. The molecule has 0 aromatic carbocycles. The van der Waals surface area contributed by atoms with Crippen molar-refractivity contribution < 1.29 is 4.79 Å². The van der Waals surface area contributed by atoms with Gasteiger partial charge in [-0.3, -0.25) is 10.1 Å². The topological polar surface area (TPSA) is 32.3 Å². The maximum atomic E-state index is 12.9. The second-order valence-electron chi connectivity index (χ2n) is 6.40. The van der Waals surface area contributed by atoms with Crippen molar-refractivity contribution in [3.05, 3.63) is 0 Å². The number of carbonyl (C=O) groups excluding carboxylic acids is 1. The number of hydrogen-bond acceptors (Lipinski definition) is 3. The fraction of sp³-hybridized carbons (Fsp3) is 0.941. The van der Waals surface area contributed by atoms with E-state index < -0.39 is 0 Å². The third-order valence-electron chi connectivity index (χ3n) is 4.85. The Hall–Kier alpha value is -0.220. The summed E-state index contributed by atoms with van der Waals surface area (Å²) >= 11 is 2.05. The van der Waals surface area contributed by atoms with Crippen LogP contribution in [-0.4, -0.2) is 40.1 Å². The van der Waals surface area contributed by atoms with Gasteiger partial charge in [0.15, 0.2) is 0 Å². The largest absolute Gasteiger partial charge is 0.322 e. The lowest BCUT2D eigenvalue weighted by Crippen LogP contribution is -2.47. The molecule has 3 nitrogen and oxygen atoms in total. The smallest absolute Gasteiger partial charge is 0.241 e. The molecular formula is C17H32N2OS. The second kappa shape index (κ2) is 8.42. The fourth-order valence-electron chi connectivity index (χ4n) is 3.86. The molecule has 122 valence electrons. The van der Waals surface area contributed by atoms with Crippen LogP contribution < -0.4 is 5.32 Å². The minimum absolute atomic E-state index is 0.0781. The molecule has 2 fully saturated rings. The van der Waals surface area contributed by atoms with Gasteiger partial charge in [-0.15, -0.1) is 0 Å². The Morgan fingerprint density at radius 2 is 2.00 bits per heavy atom. The summed E-state index contributed by atoms with van der Waals surface area (Å²) in [6.45, 7) is 6.65. The zero-order valence-corrected chi connectivity index (χ0v) is 14.8. The van der Waals surface area contributed by atoms with Crippen LogP contribution in [0.25, 0.3) is 0 Å². The van der Waals surface area contributed by atoms with Crippen LogP contribution in [0.3, 0.4) is 0 Å². The zero-order valence-electron chi connectivity index (χ0n) is 13.9. The number of amides is 1. The van der Waals surface area contributed by atoms with Crippen LogP contribution in [0.1, 0.15) is 72.1 Å². The van der Waals surface area contributed by atoms with Gasteiger partial charge in [-0.25, -0.2) is 0 Å². The summed E-state index contributed by atoms with van der Waals surface area (Å²) in [7, 11) is 0. The number of nitrogens with one attached hydrogen (secondary N) is 1. The van der Waals surface area contributed by atoms with Crippen LogP contribution in [0.5, 0.6) is 0 Å². The number of rotatable bonds is 8. The minimum Gasteiger partial charge on any atom is -0.322 e. The molecule has 21 heavy (non-hydrogen) atoms. The predicted molar refractivity (Wildman–Crippen MR) is 91.5 cm³/mol. The van der Waals surface area contributed by atoms with Crippen molar-refractivity contribution in [3.8, 4) is 0 Å². The first-order valence-electron chi connectivity index (χ1n) is 8.92. The third kappa shape index (κ3) is 3.95. The van der Waals surface area contributed by atoms with E-state index in [4.69, 9.17) is 0 Å². The summed E-state index contributed by atoms with van der Waals surface area (Å²) in [4.78, 5) is 15.1. The van der Waals surface area contributed by atoms with Crippen LogP contribution in [0, 0.1) is 0 Å². The van der Waals surface area contributed by atoms with E-state index >= 15 is 0 Å². The highest BCUT2D eigenvalue weighted by atomic mass is 32.2. The Morgan fingerprint density at radius 1 is 1.19 bits per heavy atom. The predicted octanol–water partition coefficient (Wildman–Crippen LogP) is 3.78. The van der Waals surface area contributed by atoms with Crippen molar-refractivity contribution >= 4 is 17.7 Å². The lowest BCUT2D eigenvalue weighted by molar-refractivity contribution is -0.132. The van der Waals surface area contributed by atoms with Crippen LogP contribution in [-0.2, 0) is 4.79 Å². The second-order valence-corrected chi connectivity index (χ2v) is 7.92. The maximum Gasteiger partial charge on any atom is 0.241 e. The van der Waals surface area contributed by atoms with Crippen LogP contribution in [0.15, 0.2) is 0 Å². The summed E-state index contributed by atoms with van der Waals surface area (Å²) in [5, 5.41) is 4.29. The Balaban J connectivity index is 2.08. The first kappa shape index (κ1) is 17.1. The van der Waals surface area contributed by atoms with Gasteiger partial charge in [-0.2, -0.15) is 11.8 Å². The Kier molecular flexibility index (Phi) is 6.87. The first-order chi connectivity index (χ1) is 10.2. The third-order valence-corrected chi connectivity index (χ3v) is 6.16. The fourth-order valence-corrected chi connectivity index (χ4v) is 5.11. The van der Waals surface area contributed by atoms with Crippen LogP contribution in [0.2, 0.25) is 0 Å². The molecule has 0 aromatic rings. The van der Waals surface area contributed by atoms with E-state index in [2.05, 4.69) is 42.7 Å². The molecule has 0 spiro atoms. The number of carbonyl (C=O) groups is 1. The maximum absolute atomic E-state index is 12.9. The lowest BCUT2D eigenvalue weighted by atomic mass is 10.1. The van der Waals surface area contributed by atoms with Gasteiger partial charge in [-0.05, 0) is 31.4 Å². The molecule has 1 aliphatic heterocycles. The molecule has 1 amide bonds. The van der Waals surface area contributed by atoms with E-state index in [0.717, 1.165) is 31.4 Å². The highest BCUT2D eigenvalue weighted by Crippen LogP contribution is 2.36. The first-order valence-corrected chi connectivity index (χ1v) is 9.97. The van der Waals surface area contributed by atoms with Gasteiger partial charge in [0.1, 0.15) is 0 Å². The molecular weight excluding hydrogens is 280 g/mol. The van der Waals surface area contributed by atoms with Crippen molar-refractivity contribution in [2.45, 2.75) is 95.6 Å². The molecule has 1 aliphatic carbocycles. The van der Waals surface area contributed by atoms with Gasteiger partial charge in [0.2, 0.25) is 5.91 Å². The minimum atomic E-state index is 0.0781. The SMILES string of the molecule is CCCCC1NC(CCC)N(C2CCCC2SCC)C1=O. The van der Waals surface area contributed by atoms with Crippen molar-refractivity contribution in [2.24, 2.45) is 0 Å². The molecule has 4 heteroatoms. The Labute approximate surface area is 134 Å². The summed E-state index contributed by atoms with van der Waals surface area (Å²) in [5.74, 6) is 1.55. The molecule has 4 unspecified atom stereocenters. The quantitative estimate of drug-likeness (QED) is 0.740. The molecule has 0 aromatic heterocycles. The molecule has 1 saturated heterocycles.